The van der Waals surface area contributed by atoms with Crippen molar-refractivity contribution in [1.82, 2.24) is 9.19 Å². The third kappa shape index (κ3) is 2.94. The van der Waals surface area contributed by atoms with E-state index in [9.17, 15) is 8.42 Å². The van der Waals surface area contributed by atoms with Crippen molar-refractivity contribution in [3.8, 4) is 5.75 Å². The molecule has 0 unspecified atom stereocenters. The lowest BCUT2D eigenvalue weighted by molar-refractivity contribution is 0.313. The van der Waals surface area contributed by atoms with Crippen LogP contribution in [0.2, 0.25) is 0 Å². The van der Waals surface area contributed by atoms with Gasteiger partial charge in [-0.1, -0.05) is 37.6 Å². The molecule has 0 saturated carbocycles. The molecule has 1 aromatic heterocycles. The standard InChI is InChI=1S/C17H18N2O3S/c1-2-3-13-22-16-9-10-17(15-8-5-4-7-14(15)16)23(20,21)19-12-6-11-18-19/h4-12H,2-3,13H2,1H3. The Morgan fingerprint density at radius 1 is 1.09 bits per heavy atom. The van der Waals surface area contributed by atoms with E-state index in [0.29, 0.717) is 17.7 Å². The van der Waals surface area contributed by atoms with Gasteiger partial charge < -0.3 is 4.74 Å². The summed E-state index contributed by atoms with van der Waals surface area (Å²) >= 11 is 0. The van der Waals surface area contributed by atoms with Crippen molar-refractivity contribution in [2.24, 2.45) is 0 Å². The van der Waals surface area contributed by atoms with Crippen molar-refractivity contribution >= 4 is 20.8 Å². The van der Waals surface area contributed by atoms with Crippen LogP contribution >= 0.6 is 0 Å². The number of nitrogens with zero attached hydrogens (tertiary/aromatic N) is 2. The van der Waals surface area contributed by atoms with E-state index < -0.39 is 10.0 Å². The SMILES string of the molecule is CCCCOc1ccc(S(=O)(=O)n2cccn2)c2ccccc12. The van der Waals surface area contributed by atoms with Crippen molar-refractivity contribution in [2.45, 2.75) is 24.7 Å². The maximum absolute atomic E-state index is 12.7. The lowest BCUT2D eigenvalue weighted by Gasteiger charge is -2.12. The van der Waals surface area contributed by atoms with Crippen molar-refractivity contribution < 1.29 is 13.2 Å². The summed E-state index contributed by atoms with van der Waals surface area (Å²) in [5.74, 6) is 0.702. The topological polar surface area (TPSA) is 61.2 Å². The van der Waals surface area contributed by atoms with Crippen molar-refractivity contribution in [3.05, 3.63) is 54.9 Å². The van der Waals surface area contributed by atoms with Gasteiger partial charge in [0.25, 0.3) is 10.0 Å². The van der Waals surface area contributed by atoms with Gasteiger partial charge in [0.15, 0.2) is 0 Å². The van der Waals surface area contributed by atoms with Crippen LogP contribution in [-0.2, 0) is 10.0 Å². The molecule has 0 spiro atoms. The molecular formula is C17H18N2O3S. The summed E-state index contributed by atoms with van der Waals surface area (Å²) in [4.78, 5) is 0.222. The van der Waals surface area contributed by atoms with Crippen LogP contribution in [0, 0.1) is 0 Å². The predicted molar refractivity (Wildman–Crippen MR) is 89.2 cm³/mol. The van der Waals surface area contributed by atoms with E-state index in [-0.39, 0.29) is 4.90 Å². The summed E-state index contributed by atoms with van der Waals surface area (Å²) in [5, 5.41) is 5.28. The molecule has 0 aliphatic carbocycles. The first-order chi connectivity index (χ1) is 11.1. The van der Waals surface area contributed by atoms with Crippen LogP contribution in [-0.4, -0.2) is 24.2 Å². The Balaban J connectivity index is 2.12. The molecule has 2 aromatic carbocycles. The van der Waals surface area contributed by atoms with Gasteiger partial charge in [0.05, 0.1) is 17.7 Å². The molecule has 23 heavy (non-hydrogen) atoms. The van der Waals surface area contributed by atoms with E-state index >= 15 is 0 Å². The Labute approximate surface area is 135 Å². The van der Waals surface area contributed by atoms with Crippen LogP contribution in [0.1, 0.15) is 19.8 Å². The highest BCUT2D eigenvalue weighted by Crippen LogP contribution is 2.32. The molecule has 0 amide bonds. The Hall–Kier alpha value is -2.34. The van der Waals surface area contributed by atoms with Crippen molar-refractivity contribution in [1.29, 1.82) is 0 Å². The van der Waals surface area contributed by atoms with E-state index in [1.807, 2.05) is 18.2 Å². The molecule has 0 aliphatic heterocycles. The van der Waals surface area contributed by atoms with Gasteiger partial charge in [-0.3, -0.25) is 0 Å². The third-order valence-corrected chi connectivity index (χ3v) is 5.22. The van der Waals surface area contributed by atoms with Gasteiger partial charge in [-0.2, -0.15) is 17.6 Å². The summed E-state index contributed by atoms with van der Waals surface area (Å²) in [5.41, 5.74) is 0. The Morgan fingerprint density at radius 3 is 2.57 bits per heavy atom. The number of unbranched alkanes of at least 4 members (excludes halogenated alkanes) is 1. The average Bonchev–Trinajstić information content (AvgIpc) is 3.10. The lowest BCUT2D eigenvalue weighted by atomic mass is 10.1. The average molecular weight is 330 g/mol. The Bertz CT molecular complexity index is 903. The molecule has 5 nitrogen and oxygen atoms in total. The minimum atomic E-state index is -3.71. The molecule has 0 saturated heterocycles. The van der Waals surface area contributed by atoms with Gasteiger partial charge >= 0.3 is 0 Å². The Morgan fingerprint density at radius 2 is 1.87 bits per heavy atom. The highest BCUT2D eigenvalue weighted by molar-refractivity contribution is 7.90. The fourth-order valence-corrected chi connectivity index (χ4v) is 3.73. The molecule has 0 atom stereocenters. The molecule has 3 aromatic rings. The summed E-state index contributed by atoms with van der Waals surface area (Å²) in [6.07, 6.45) is 4.88. The summed E-state index contributed by atoms with van der Waals surface area (Å²) < 4.78 is 32.3. The number of aromatic nitrogens is 2. The second-order valence-electron chi connectivity index (χ2n) is 5.19. The van der Waals surface area contributed by atoms with Crippen LogP contribution < -0.4 is 4.74 Å². The highest BCUT2D eigenvalue weighted by atomic mass is 32.2. The Kier molecular flexibility index (Phi) is 4.34. The third-order valence-electron chi connectivity index (χ3n) is 3.60. The molecule has 0 fully saturated rings. The van der Waals surface area contributed by atoms with Crippen molar-refractivity contribution in [3.63, 3.8) is 0 Å². The molecule has 3 rings (SSSR count). The number of hydrogen-bond acceptors (Lipinski definition) is 4. The maximum Gasteiger partial charge on any atom is 0.283 e. The van der Waals surface area contributed by atoms with Crippen LogP contribution in [0.25, 0.3) is 10.8 Å². The number of rotatable bonds is 6. The van der Waals surface area contributed by atoms with Gasteiger partial charge in [-0.25, -0.2) is 0 Å². The van der Waals surface area contributed by atoms with Gasteiger partial charge in [0, 0.05) is 17.0 Å². The second kappa shape index (κ2) is 6.42. The zero-order valence-corrected chi connectivity index (χ0v) is 13.7. The van der Waals surface area contributed by atoms with Gasteiger partial charge in [-0.15, -0.1) is 0 Å². The number of fused-ring (bicyclic) bond motifs is 1. The first kappa shape index (κ1) is 15.6. The smallest absolute Gasteiger partial charge is 0.283 e. The predicted octanol–water partition coefficient (Wildman–Crippen LogP) is 3.45. The largest absolute Gasteiger partial charge is 0.493 e. The number of benzene rings is 2. The molecule has 1 heterocycles. The van der Waals surface area contributed by atoms with E-state index in [4.69, 9.17) is 4.74 Å². The first-order valence-electron chi connectivity index (χ1n) is 7.54. The molecular weight excluding hydrogens is 312 g/mol. The normalized spacial score (nSPS) is 11.7. The lowest BCUT2D eigenvalue weighted by Crippen LogP contribution is -2.14. The van der Waals surface area contributed by atoms with Crippen LogP contribution in [0.3, 0.4) is 0 Å². The zero-order valence-electron chi connectivity index (χ0n) is 12.8. The number of ether oxygens (including phenoxy) is 1. The van der Waals surface area contributed by atoms with Gasteiger partial charge in [-0.05, 0) is 24.6 Å². The monoisotopic (exact) mass is 330 g/mol. The summed E-state index contributed by atoms with van der Waals surface area (Å²) in [6, 6.07) is 12.2. The molecule has 120 valence electrons. The maximum atomic E-state index is 12.7. The summed E-state index contributed by atoms with van der Waals surface area (Å²) in [7, 11) is -3.71. The van der Waals surface area contributed by atoms with Crippen LogP contribution in [0.5, 0.6) is 5.75 Å². The first-order valence-corrected chi connectivity index (χ1v) is 8.98. The molecule has 0 radical (unpaired) electrons. The summed E-state index contributed by atoms with van der Waals surface area (Å²) in [6.45, 7) is 2.72. The quantitative estimate of drug-likeness (QED) is 0.650. The van der Waals surface area contributed by atoms with Gasteiger partial charge in [0.2, 0.25) is 0 Å². The van der Waals surface area contributed by atoms with Gasteiger partial charge in [0.1, 0.15) is 5.75 Å². The fourth-order valence-electron chi connectivity index (χ4n) is 2.42. The minimum absolute atomic E-state index is 0.222. The zero-order chi connectivity index (χ0) is 16.3. The fraction of sp³-hybridized carbons (Fsp3) is 0.235. The molecule has 0 aliphatic rings. The van der Waals surface area contributed by atoms with Crippen LogP contribution in [0.4, 0.5) is 0 Å². The molecule has 0 bridgehead atoms. The van der Waals surface area contributed by atoms with E-state index in [1.165, 1.54) is 12.4 Å². The highest BCUT2D eigenvalue weighted by Gasteiger charge is 2.21. The molecule has 6 heteroatoms. The second-order valence-corrected chi connectivity index (χ2v) is 6.96. The van der Waals surface area contributed by atoms with E-state index in [0.717, 1.165) is 22.3 Å². The van der Waals surface area contributed by atoms with E-state index in [2.05, 4.69) is 12.0 Å². The number of hydrogen-bond donors (Lipinski definition) is 0. The van der Waals surface area contributed by atoms with E-state index in [1.54, 1.807) is 24.3 Å². The molecule has 0 N–H and O–H groups in total. The minimum Gasteiger partial charge on any atom is -0.493 e. The van der Waals surface area contributed by atoms with Crippen molar-refractivity contribution in [2.75, 3.05) is 6.61 Å². The van der Waals surface area contributed by atoms with Crippen LogP contribution in [0.15, 0.2) is 59.8 Å².